The van der Waals surface area contributed by atoms with E-state index >= 15 is 0 Å². The van der Waals surface area contributed by atoms with E-state index in [4.69, 9.17) is 5.26 Å². The number of hydrogen-bond donors (Lipinski definition) is 0. The lowest BCUT2D eigenvalue weighted by atomic mass is 10.2. The van der Waals surface area contributed by atoms with E-state index in [-0.39, 0.29) is 11.3 Å². The van der Waals surface area contributed by atoms with Crippen molar-refractivity contribution in [3.63, 3.8) is 0 Å². The molecule has 0 unspecified atom stereocenters. The highest BCUT2D eigenvalue weighted by atomic mass is 19.1. The van der Waals surface area contributed by atoms with Crippen LogP contribution < -0.4 is 5.56 Å². The van der Waals surface area contributed by atoms with E-state index in [0.717, 1.165) is 16.7 Å². The van der Waals surface area contributed by atoms with E-state index in [2.05, 4.69) is 0 Å². The van der Waals surface area contributed by atoms with Gasteiger partial charge in [-0.3, -0.25) is 9.36 Å². The fourth-order valence-electron chi connectivity index (χ4n) is 1.45. The first-order chi connectivity index (χ1) is 8.13. The molecule has 2 rings (SSSR count). The molecule has 0 atom stereocenters. The molecule has 2 aromatic rings. The van der Waals surface area contributed by atoms with Gasteiger partial charge < -0.3 is 0 Å². The Morgan fingerprint density at radius 1 is 1.24 bits per heavy atom. The van der Waals surface area contributed by atoms with Crippen molar-refractivity contribution in [2.45, 2.75) is 0 Å². The van der Waals surface area contributed by atoms with Crippen molar-refractivity contribution >= 4 is 0 Å². The molecule has 0 amide bonds. The van der Waals surface area contributed by atoms with Gasteiger partial charge in [0.15, 0.2) is 0 Å². The second-order valence-corrected chi connectivity index (χ2v) is 3.30. The van der Waals surface area contributed by atoms with E-state index in [1.165, 1.54) is 18.3 Å². The van der Waals surface area contributed by atoms with E-state index in [0.29, 0.717) is 6.07 Å². The van der Waals surface area contributed by atoms with Crippen molar-refractivity contribution in [2.75, 3.05) is 0 Å². The number of rotatable bonds is 1. The Morgan fingerprint density at radius 3 is 2.65 bits per heavy atom. The first kappa shape index (κ1) is 11.0. The first-order valence-electron chi connectivity index (χ1n) is 4.70. The van der Waals surface area contributed by atoms with Crippen LogP contribution in [0.2, 0.25) is 0 Å². The third-order valence-corrected chi connectivity index (χ3v) is 2.24. The Hall–Kier alpha value is -2.48. The molecule has 0 aliphatic heterocycles. The Morgan fingerprint density at radius 2 is 2.00 bits per heavy atom. The Kier molecular flexibility index (Phi) is 2.71. The minimum Gasteiger partial charge on any atom is -0.280 e. The van der Waals surface area contributed by atoms with Crippen LogP contribution in [0, 0.1) is 23.0 Å². The molecular formula is C12H6F2N2O. The average molecular weight is 232 g/mol. The topological polar surface area (TPSA) is 45.8 Å². The Labute approximate surface area is 95.2 Å². The molecule has 0 saturated heterocycles. The van der Waals surface area contributed by atoms with Crippen LogP contribution in [0.3, 0.4) is 0 Å². The molecule has 5 heteroatoms. The maximum Gasteiger partial charge on any atom is 0.273 e. The van der Waals surface area contributed by atoms with Gasteiger partial charge in [-0.05, 0) is 24.3 Å². The molecule has 3 nitrogen and oxygen atoms in total. The Balaban J connectivity index is 2.70. The molecule has 0 bridgehead atoms. The standard InChI is InChI=1S/C12H6F2N2O/c13-9-3-4-11(10(14)6-9)16-5-1-2-8(7-15)12(16)17/h1-6H. The SMILES string of the molecule is N#Cc1cccn(-c2ccc(F)cc2F)c1=O. The van der Waals surface area contributed by atoms with Crippen molar-refractivity contribution in [1.29, 1.82) is 5.26 Å². The lowest BCUT2D eigenvalue weighted by Gasteiger charge is -2.06. The highest BCUT2D eigenvalue weighted by Gasteiger charge is 2.09. The average Bonchev–Trinajstić information content (AvgIpc) is 2.30. The van der Waals surface area contributed by atoms with Gasteiger partial charge in [-0.1, -0.05) is 0 Å². The molecule has 84 valence electrons. The number of halogens is 2. The van der Waals surface area contributed by atoms with Gasteiger partial charge in [0.25, 0.3) is 5.56 Å². The second kappa shape index (κ2) is 4.18. The maximum atomic E-state index is 13.5. The van der Waals surface area contributed by atoms with Crippen molar-refractivity contribution < 1.29 is 8.78 Å². The van der Waals surface area contributed by atoms with E-state index in [1.54, 1.807) is 6.07 Å². The van der Waals surface area contributed by atoms with Gasteiger partial charge in [-0.2, -0.15) is 5.26 Å². The monoisotopic (exact) mass is 232 g/mol. The van der Waals surface area contributed by atoms with Crippen molar-refractivity contribution in [3.05, 3.63) is 64.1 Å². The molecule has 0 fully saturated rings. The molecule has 0 aliphatic rings. The summed E-state index contributed by atoms with van der Waals surface area (Å²) in [4.78, 5) is 11.7. The number of hydrogen-bond acceptors (Lipinski definition) is 2. The van der Waals surface area contributed by atoms with E-state index < -0.39 is 17.2 Å². The maximum absolute atomic E-state index is 13.5. The molecule has 0 radical (unpaired) electrons. The van der Waals surface area contributed by atoms with Gasteiger partial charge >= 0.3 is 0 Å². The second-order valence-electron chi connectivity index (χ2n) is 3.30. The minimum absolute atomic E-state index is 0.0894. The summed E-state index contributed by atoms with van der Waals surface area (Å²) >= 11 is 0. The van der Waals surface area contributed by atoms with Crippen molar-refractivity contribution in [3.8, 4) is 11.8 Å². The third-order valence-electron chi connectivity index (χ3n) is 2.24. The zero-order valence-electron chi connectivity index (χ0n) is 8.52. The molecule has 0 N–H and O–H groups in total. The molecule has 1 aromatic heterocycles. The molecule has 1 aromatic carbocycles. The molecule has 17 heavy (non-hydrogen) atoms. The van der Waals surface area contributed by atoms with Crippen LogP contribution >= 0.6 is 0 Å². The summed E-state index contributed by atoms with van der Waals surface area (Å²) in [6, 6.07) is 7.36. The first-order valence-corrected chi connectivity index (χ1v) is 4.70. The minimum atomic E-state index is -0.859. The summed E-state index contributed by atoms with van der Waals surface area (Å²) in [5, 5.41) is 8.69. The molecule has 0 saturated carbocycles. The quantitative estimate of drug-likeness (QED) is 0.754. The number of nitrogens with zero attached hydrogens (tertiary/aromatic N) is 2. The summed E-state index contributed by atoms with van der Waals surface area (Å²) < 4.78 is 27.2. The Bertz CT molecular complexity index is 671. The number of pyridine rings is 1. The van der Waals surface area contributed by atoms with Gasteiger partial charge in [0.05, 0.1) is 5.69 Å². The summed E-state index contributed by atoms with van der Waals surface area (Å²) in [5.74, 6) is -1.59. The number of benzene rings is 1. The van der Waals surface area contributed by atoms with Crippen LogP contribution in [0.4, 0.5) is 8.78 Å². The summed E-state index contributed by atoms with van der Waals surface area (Å²) in [6.45, 7) is 0. The normalized spacial score (nSPS) is 9.94. The highest BCUT2D eigenvalue weighted by Crippen LogP contribution is 2.12. The van der Waals surface area contributed by atoms with E-state index in [9.17, 15) is 13.6 Å². The van der Waals surface area contributed by atoms with Gasteiger partial charge in [0.2, 0.25) is 0 Å². The summed E-state index contributed by atoms with van der Waals surface area (Å²) in [6.07, 6.45) is 1.32. The predicted octanol–water partition coefficient (Wildman–Crippen LogP) is 1.99. The van der Waals surface area contributed by atoms with Crippen molar-refractivity contribution in [2.24, 2.45) is 0 Å². The van der Waals surface area contributed by atoms with Gasteiger partial charge in [0.1, 0.15) is 23.3 Å². The van der Waals surface area contributed by atoms with Gasteiger partial charge in [-0.15, -0.1) is 0 Å². The van der Waals surface area contributed by atoms with Crippen LogP contribution in [-0.2, 0) is 0 Å². The van der Waals surface area contributed by atoms with Crippen LogP contribution in [0.1, 0.15) is 5.56 Å². The lowest BCUT2D eigenvalue weighted by Crippen LogP contribution is -2.20. The smallest absolute Gasteiger partial charge is 0.273 e. The third kappa shape index (κ3) is 1.93. The molecule has 0 spiro atoms. The molecular weight excluding hydrogens is 226 g/mol. The largest absolute Gasteiger partial charge is 0.280 e. The predicted molar refractivity (Wildman–Crippen MR) is 56.7 cm³/mol. The fraction of sp³-hybridized carbons (Fsp3) is 0. The van der Waals surface area contributed by atoms with Crippen LogP contribution in [-0.4, -0.2) is 4.57 Å². The number of nitriles is 1. The van der Waals surface area contributed by atoms with Gasteiger partial charge in [-0.25, -0.2) is 8.78 Å². The van der Waals surface area contributed by atoms with Crippen molar-refractivity contribution in [1.82, 2.24) is 4.57 Å². The van der Waals surface area contributed by atoms with E-state index in [1.807, 2.05) is 0 Å². The highest BCUT2D eigenvalue weighted by molar-refractivity contribution is 5.37. The number of aromatic nitrogens is 1. The molecule has 1 heterocycles. The lowest BCUT2D eigenvalue weighted by molar-refractivity contribution is 0.576. The van der Waals surface area contributed by atoms with Crippen LogP contribution in [0.15, 0.2) is 41.3 Å². The summed E-state index contributed by atoms with van der Waals surface area (Å²) in [5.41, 5.74) is -0.828. The summed E-state index contributed by atoms with van der Waals surface area (Å²) in [7, 11) is 0. The molecule has 0 aliphatic carbocycles. The van der Waals surface area contributed by atoms with Gasteiger partial charge in [0, 0.05) is 12.3 Å². The van der Waals surface area contributed by atoms with Crippen LogP contribution in [0.5, 0.6) is 0 Å². The zero-order chi connectivity index (χ0) is 12.4. The van der Waals surface area contributed by atoms with Crippen LogP contribution in [0.25, 0.3) is 5.69 Å². The zero-order valence-corrected chi connectivity index (χ0v) is 8.52. The fourth-order valence-corrected chi connectivity index (χ4v) is 1.45.